The van der Waals surface area contributed by atoms with Crippen LogP contribution in [-0.4, -0.2) is 22.9 Å². The van der Waals surface area contributed by atoms with Crippen molar-refractivity contribution in [3.8, 4) is 0 Å². The van der Waals surface area contributed by atoms with Crippen LogP contribution < -0.4 is 4.90 Å². The minimum Gasteiger partial charge on any atom is -0.370 e. The molecular weight excluding hydrogens is 320 g/mol. The molecule has 0 bridgehead atoms. The Morgan fingerprint density at radius 3 is 3.00 bits per heavy atom. The van der Waals surface area contributed by atoms with Crippen LogP contribution in [0.3, 0.4) is 0 Å². The van der Waals surface area contributed by atoms with Gasteiger partial charge in [-0.15, -0.1) is 0 Å². The maximum Gasteiger partial charge on any atom is 0.0592 e. The zero-order chi connectivity index (χ0) is 10.8. The normalized spacial score (nSPS) is 26.7. The lowest BCUT2D eigenvalue weighted by Gasteiger charge is -2.36. The largest absolute Gasteiger partial charge is 0.370 e. The number of pyridine rings is 1. The Morgan fingerprint density at radius 1 is 1.53 bits per heavy atom. The molecule has 1 fully saturated rings. The molecule has 82 valence electrons. The molecule has 15 heavy (non-hydrogen) atoms. The predicted molar refractivity (Wildman–Crippen MR) is 70.6 cm³/mol. The van der Waals surface area contributed by atoms with Crippen molar-refractivity contribution in [3.05, 3.63) is 22.9 Å². The number of rotatable bonds is 1. The van der Waals surface area contributed by atoms with Gasteiger partial charge in [0.15, 0.2) is 0 Å². The highest BCUT2D eigenvalue weighted by Crippen LogP contribution is 2.31. The molecular formula is C11H14Br2N2. The Kier molecular flexibility index (Phi) is 3.67. The van der Waals surface area contributed by atoms with Gasteiger partial charge in [0.2, 0.25) is 0 Å². The molecule has 1 aromatic heterocycles. The molecule has 1 aromatic rings. The SMILES string of the molecule is CC1CN(c2ccncc2Br)CCC1Br. The van der Waals surface area contributed by atoms with Crippen molar-refractivity contribution in [3.63, 3.8) is 0 Å². The Bertz CT molecular complexity index is 343. The fraction of sp³-hybridized carbons (Fsp3) is 0.545. The highest BCUT2D eigenvalue weighted by molar-refractivity contribution is 9.10. The monoisotopic (exact) mass is 332 g/mol. The van der Waals surface area contributed by atoms with Crippen LogP contribution in [0.1, 0.15) is 13.3 Å². The van der Waals surface area contributed by atoms with E-state index in [0.717, 1.165) is 17.6 Å². The van der Waals surface area contributed by atoms with Gasteiger partial charge in [-0.2, -0.15) is 0 Å². The van der Waals surface area contributed by atoms with E-state index < -0.39 is 0 Å². The highest BCUT2D eigenvalue weighted by atomic mass is 79.9. The lowest BCUT2D eigenvalue weighted by Crippen LogP contribution is -2.39. The van der Waals surface area contributed by atoms with E-state index in [2.05, 4.69) is 54.7 Å². The van der Waals surface area contributed by atoms with E-state index in [1.807, 2.05) is 12.4 Å². The van der Waals surface area contributed by atoms with Gasteiger partial charge in [-0.3, -0.25) is 4.98 Å². The van der Waals surface area contributed by atoms with Gasteiger partial charge in [-0.25, -0.2) is 0 Å². The molecule has 2 atom stereocenters. The van der Waals surface area contributed by atoms with E-state index in [1.165, 1.54) is 12.1 Å². The first-order valence-electron chi connectivity index (χ1n) is 5.17. The van der Waals surface area contributed by atoms with Gasteiger partial charge in [0.25, 0.3) is 0 Å². The number of nitrogens with zero attached hydrogens (tertiary/aromatic N) is 2. The molecule has 2 heterocycles. The summed E-state index contributed by atoms with van der Waals surface area (Å²) in [6.07, 6.45) is 4.92. The van der Waals surface area contributed by atoms with Crippen LogP contribution in [0.25, 0.3) is 0 Å². The quantitative estimate of drug-likeness (QED) is 0.732. The van der Waals surface area contributed by atoms with Crippen molar-refractivity contribution in [2.45, 2.75) is 18.2 Å². The molecule has 2 nitrogen and oxygen atoms in total. The van der Waals surface area contributed by atoms with E-state index >= 15 is 0 Å². The topological polar surface area (TPSA) is 16.1 Å². The minimum atomic E-state index is 0.661. The second-order valence-electron chi connectivity index (χ2n) is 4.06. The summed E-state index contributed by atoms with van der Waals surface area (Å²) in [6.45, 7) is 4.52. The first-order chi connectivity index (χ1) is 7.18. The maximum atomic E-state index is 4.09. The lowest BCUT2D eigenvalue weighted by atomic mass is 10.00. The standard InChI is InChI=1S/C11H14Br2N2/c1-8-7-15(5-3-9(8)12)11-2-4-14-6-10(11)13/h2,4,6,8-9H,3,5,7H2,1H3. The second kappa shape index (κ2) is 4.83. The van der Waals surface area contributed by atoms with Crippen molar-refractivity contribution in [2.24, 2.45) is 5.92 Å². The average Bonchev–Trinajstić information content (AvgIpc) is 2.23. The molecule has 0 aromatic carbocycles. The summed E-state index contributed by atoms with van der Waals surface area (Å²) in [5, 5.41) is 0. The predicted octanol–water partition coefficient (Wildman–Crippen LogP) is 3.45. The van der Waals surface area contributed by atoms with Crippen LogP contribution in [0.15, 0.2) is 22.9 Å². The van der Waals surface area contributed by atoms with Gasteiger partial charge in [0.1, 0.15) is 0 Å². The van der Waals surface area contributed by atoms with Crippen LogP contribution in [-0.2, 0) is 0 Å². The van der Waals surface area contributed by atoms with Crippen LogP contribution >= 0.6 is 31.9 Å². The van der Waals surface area contributed by atoms with Crippen molar-refractivity contribution < 1.29 is 0 Å². The summed E-state index contributed by atoms with van der Waals surface area (Å²) < 4.78 is 1.09. The van der Waals surface area contributed by atoms with Crippen LogP contribution in [0.5, 0.6) is 0 Å². The molecule has 2 unspecified atom stereocenters. The van der Waals surface area contributed by atoms with Crippen molar-refractivity contribution in [2.75, 3.05) is 18.0 Å². The fourth-order valence-electron chi connectivity index (χ4n) is 1.96. The number of anilines is 1. The Labute approximate surface area is 107 Å². The molecule has 0 amide bonds. The Balaban J connectivity index is 2.15. The summed E-state index contributed by atoms with van der Waals surface area (Å²) in [7, 11) is 0. The minimum absolute atomic E-state index is 0.661. The van der Waals surface area contributed by atoms with Crippen LogP contribution in [0.4, 0.5) is 5.69 Å². The van der Waals surface area contributed by atoms with Gasteiger partial charge in [-0.1, -0.05) is 22.9 Å². The number of halogens is 2. The molecule has 1 aliphatic rings. The van der Waals surface area contributed by atoms with E-state index in [1.54, 1.807) is 0 Å². The smallest absolute Gasteiger partial charge is 0.0592 e. The fourth-order valence-corrected chi connectivity index (χ4v) is 2.83. The van der Waals surface area contributed by atoms with Crippen LogP contribution in [0, 0.1) is 5.92 Å². The molecule has 2 rings (SSSR count). The van der Waals surface area contributed by atoms with Gasteiger partial charge in [0.05, 0.1) is 10.2 Å². The number of hydrogen-bond donors (Lipinski definition) is 0. The maximum absolute atomic E-state index is 4.09. The first-order valence-corrected chi connectivity index (χ1v) is 6.88. The molecule has 0 aliphatic carbocycles. The number of hydrogen-bond acceptors (Lipinski definition) is 2. The van der Waals surface area contributed by atoms with Gasteiger partial charge < -0.3 is 4.90 Å². The van der Waals surface area contributed by atoms with E-state index in [9.17, 15) is 0 Å². The van der Waals surface area contributed by atoms with E-state index in [0.29, 0.717) is 10.7 Å². The molecule has 0 radical (unpaired) electrons. The van der Waals surface area contributed by atoms with E-state index in [-0.39, 0.29) is 0 Å². The molecule has 0 spiro atoms. The zero-order valence-corrected chi connectivity index (χ0v) is 11.8. The van der Waals surface area contributed by atoms with E-state index in [4.69, 9.17) is 0 Å². The molecule has 1 aliphatic heterocycles. The molecule has 1 saturated heterocycles. The summed E-state index contributed by atoms with van der Waals surface area (Å²) in [5.74, 6) is 0.693. The van der Waals surface area contributed by atoms with Gasteiger partial charge >= 0.3 is 0 Å². The summed E-state index contributed by atoms with van der Waals surface area (Å²) in [6, 6.07) is 2.07. The van der Waals surface area contributed by atoms with Gasteiger partial charge in [0, 0.05) is 30.3 Å². The van der Waals surface area contributed by atoms with Crippen molar-refractivity contribution in [1.29, 1.82) is 0 Å². The lowest BCUT2D eigenvalue weighted by molar-refractivity contribution is 0.466. The molecule has 0 saturated carbocycles. The van der Waals surface area contributed by atoms with Crippen molar-refractivity contribution in [1.82, 2.24) is 4.98 Å². The Morgan fingerprint density at radius 2 is 2.33 bits per heavy atom. The average molecular weight is 334 g/mol. The third kappa shape index (κ3) is 2.53. The third-order valence-corrected chi connectivity index (χ3v) is 4.86. The number of alkyl halides is 1. The molecule has 4 heteroatoms. The number of aromatic nitrogens is 1. The molecule has 0 N–H and O–H groups in total. The van der Waals surface area contributed by atoms with Crippen LogP contribution in [0.2, 0.25) is 0 Å². The third-order valence-electron chi connectivity index (χ3n) is 2.89. The highest BCUT2D eigenvalue weighted by Gasteiger charge is 2.24. The first kappa shape index (κ1) is 11.4. The Hall–Kier alpha value is -0.0900. The zero-order valence-electron chi connectivity index (χ0n) is 8.66. The second-order valence-corrected chi connectivity index (χ2v) is 6.09. The summed E-state index contributed by atoms with van der Waals surface area (Å²) in [5.41, 5.74) is 1.26. The van der Waals surface area contributed by atoms with Crippen molar-refractivity contribution >= 4 is 37.5 Å². The summed E-state index contributed by atoms with van der Waals surface area (Å²) >= 11 is 7.27. The summed E-state index contributed by atoms with van der Waals surface area (Å²) in [4.78, 5) is 7.18. The number of piperidine rings is 1. The van der Waals surface area contributed by atoms with Gasteiger partial charge in [-0.05, 0) is 34.3 Å².